The quantitative estimate of drug-likeness (QED) is 0.863. The molecular weight excluding hydrogens is 266 g/mol. The summed E-state index contributed by atoms with van der Waals surface area (Å²) in [7, 11) is 0. The molecular formula is C17H25NO3. The number of aliphatic carboxylic acids is 1. The Morgan fingerprint density at radius 1 is 1.05 bits per heavy atom. The summed E-state index contributed by atoms with van der Waals surface area (Å²) in [5.41, 5.74) is -0.0829. The number of carbonyl (C=O) groups is 2. The van der Waals surface area contributed by atoms with Gasteiger partial charge in [-0.15, -0.1) is 0 Å². The molecule has 0 radical (unpaired) electrons. The van der Waals surface area contributed by atoms with Gasteiger partial charge < -0.3 is 5.11 Å². The third-order valence-electron chi connectivity index (χ3n) is 6.63. The van der Waals surface area contributed by atoms with E-state index >= 15 is 0 Å². The number of hydrogen-bond acceptors (Lipinski definition) is 3. The van der Waals surface area contributed by atoms with Crippen LogP contribution in [-0.2, 0) is 9.59 Å². The summed E-state index contributed by atoms with van der Waals surface area (Å²) < 4.78 is 0. The van der Waals surface area contributed by atoms with E-state index in [-0.39, 0.29) is 5.41 Å². The van der Waals surface area contributed by atoms with Gasteiger partial charge in [0.15, 0.2) is 5.78 Å². The first-order valence-electron chi connectivity index (χ1n) is 8.56. The Kier molecular flexibility index (Phi) is 3.14. The van der Waals surface area contributed by atoms with Crippen LogP contribution in [0.2, 0.25) is 0 Å². The summed E-state index contributed by atoms with van der Waals surface area (Å²) in [5.74, 6) is 1.91. The number of nitrogens with zero attached hydrogens (tertiary/aromatic N) is 1. The highest BCUT2D eigenvalue weighted by Gasteiger charge is 2.54. The van der Waals surface area contributed by atoms with Crippen molar-refractivity contribution in [3.05, 3.63) is 0 Å². The fraction of sp³-hybridized carbons (Fsp3) is 0.882. The minimum atomic E-state index is -0.759. The van der Waals surface area contributed by atoms with Crippen LogP contribution >= 0.6 is 0 Å². The monoisotopic (exact) mass is 291 g/mol. The standard InChI is InChI=1S/C17H25NO3/c19-15(10-18-3-1-2-14(18)16(20)21)17-7-11-4-12(8-17)6-13(5-11)9-17/h11-14H,1-10H2,(H,20,21)/t11?,12?,13?,14-,17?/m0/s1. The summed E-state index contributed by atoms with van der Waals surface area (Å²) in [4.78, 5) is 26.2. The molecule has 1 atom stereocenters. The van der Waals surface area contributed by atoms with Crippen molar-refractivity contribution in [2.24, 2.45) is 23.2 Å². The minimum Gasteiger partial charge on any atom is -0.480 e. The smallest absolute Gasteiger partial charge is 0.320 e. The van der Waals surface area contributed by atoms with Crippen LogP contribution in [0.25, 0.3) is 0 Å². The fourth-order valence-corrected chi connectivity index (χ4v) is 6.10. The first kappa shape index (κ1) is 13.7. The van der Waals surface area contributed by atoms with Gasteiger partial charge in [0.1, 0.15) is 6.04 Å². The second-order valence-electron chi connectivity index (χ2n) is 8.09. The Bertz CT molecular complexity index is 437. The highest BCUT2D eigenvalue weighted by Crippen LogP contribution is 2.60. The minimum absolute atomic E-state index is 0.0829. The van der Waals surface area contributed by atoms with Crippen LogP contribution in [0.3, 0.4) is 0 Å². The molecule has 0 spiro atoms. The number of carboxylic acids is 1. The fourth-order valence-electron chi connectivity index (χ4n) is 6.10. The summed E-state index contributed by atoms with van der Waals surface area (Å²) in [6.07, 6.45) is 8.89. The Morgan fingerprint density at radius 3 is 2.14 bits per heavy atom. The van der Waals surface area contributed by atoms with Gasteiger partial charge in [0.2, 0.25) is 0 Å². The second kappa shape index (κ2) is 4.80. The van der Waals surface area contributed by atoms with Gasteiger partial charge in [0.05, 0.1) is 6.54 Å². The van der Waals surface area contributed by atoms with Gasteiger partial charge in [0, 0.05) is 5.41 Å². The molecule has 4 saturated carbocycles. The van der Waals surface area contributed by atoms with Crippen molar-refractivity contribution >= 4 is 11.8 Å². The molecule has 0 unspecified atom stereocenters. The number of rotatable bonds is 4. The molecule has 4 heteroatoms. The van der Waals surface area contributed by atoms with Crippen LogP contribution in [0.5, 0.6) is 0 Å². The van der Waals surface area contributed by atoms with Crippen molar-refractivity contribution in [1.82, 2.24) is 4.90 Å². The van der Waals surface area contributed by atoms with Gasteiger partial charge in [-0.25, -0.2) is 0 Å². The summed E-state index contributed by atoms with van der Waals surface area (Å²) >= 11 is 0. The van der Waals surface area contributed by atoms with Gasteiger partial charge in [-0.2, -0.15) is 0 Å². The number of Topliss-reactive ketones (excluding diaryl/α,β-unsaturated/α-hetero) is 1. The van der Waals surface area contributed by atoms with Crippen LogP contribution in [0, 0.1) is 23.2 Å². The Morgan fingerprint density at radius 2 is 1.62 bits per heavy atom. The van der Waals surface area contributed by atoms with Gasteiger partial charge in [0.25, 0.3) is 0 Å². The maximum Gasteiger partial charge on any atom is 0.320 e. The summed E-state index contributed by atoms with van der Waals surface area (Å²) in [6.45, 7) is 1.15. The molecule has 4 aliphatic carbocycles. The molecule has 5 aliphatic rings. The number of hydrogen-bond donors (Lipinski definition) is 1. The zero-order valence-corrected chi connectivity index (χ0v) is 12.6. The first-order valence-corrected chi connectivity index (χ1v) is 8.56. The molecule has 0 aromatic rings. The Hall–Kier alpha value is -0.900. The molecule has 4 nitrogen and oxygen atoms in total. The lowest BCUT2D eigenvalue weighted by atomic mass is 9.48. The van der Waals surface area contributed by atoms with E-state index in [1.54, 1.807) is 0 Å². The van der Waals surface area contributed by atoms with E-state index in [4.69, 9.17) is 0 Å². The van der Waals surface area contributed by atoms with E-state index in [9.17, 15) is 14.7 Å². The zero-order chi connectivity index (χ0) is 14.6. The lowest BCUT2D eigenvalue weighted by Gasteiger charge is -2.56. The predicted molar refractivity (Wildman–Crippen MR) is 77.8 cm³/mol. The number of carboxylic acid groups (broad SMARTS) is 1. The lowest BCUT2D eigenvalue weighted by molar-refractivity contribution is -0.148. The van der Waals surface area contributed by atoms with Crippen molar-refractivity contribution in [1.29, 1.82) is 0 Å². The molecule has 4 bridgehead atoms. The average molecular weight is 291 g/mol. The normalized spacial score (nSPS) is 45.1. The van der Waals surface area contributed by atoms with E-state index in [1.807, 2.05) is 4.90 Å². The van der Waals surface area contributed by atoms with Crippen LogP contribution in [0.1, 0.15) is 51.4 Å². The van der Waals surface area contributed by atoms with Crippen LogP contribution in [0.15, 0.2) is 0 Å². The number of ketones is 1. The first-order chi connectivity index (χ1) is 10.1. The average Bonchev–Trinajstić information content (AvgIpc) is 2.85. The molecule has 1 aliphatic heterocycles. The van der Waals surface area contributed by atoms with Gasteiger partial charge in [-0.3, -0.25) is 14.5 Å². The lowest BCUT2D eigenvalue weighted by Crippen LogP contribution is -2.53. The Balaban J connectivity index is 1.49. The highest BCUT2D eigenvalue weighted by molar-refractivity contribution is 5.88. The predicted octanol–water partition coefficient (Wildman–Crippen LogP) is 2.32. The molecule has 5 fully saturated rings. The molecule has 1 N–H and O–H groups in total. The van der Waals surface area contributed by atoms with Crippen LogP contribution in [0.4, 0.5) is 0 Å². The highest BCUT2D eigenvalue weighted by atomic mass is 16.4. The molecule has 5 rings (SSSR count). The van der Waals surface area contributed by atoms with Crippen molar-refractivity contribution < 1.29 is 14.7 Å². The maximum atomic E-state index is 13.0. The second-order valence-corrected chi connectivity index (χ2v) is 8.09. The summed E-state index contributed by atoms with van der Waals surface area (Å²) in [5, 5.41) is 9.28. The SMILES string of the molecule is O=C(O)[C@@H]1CCCN1CC(=O)C12CC3CC(CC(C3)C1)C2. The van der Waals surface area contributed by atoms with Crippen molar-refractivity contribution in [3.8, 4) is 0 Å². The third-order valence-corrected chi connectivity index (χ3v) is 6.63. The molecule has 116 valence electrons. The van der Waals surface area contributed by atoms with E-state index in [1.165, 1.54) is 19.3 Å². The van der Waals surface area contributed by atoms with Crippen molar-refractivity contribution in [2.75, 3.05) is 13.1 Å². The molecule has 0 aromatic heterocycles. The topological polar surface area (TPSA) is 57.6 Å². The molecule has 1 heterocycles. The largest absolute Gasteiger partial charge is 0.480 e. The van der Waals surface area contributed by atoms with Crippen LogP contribution < -0.4 is 0 Å². The number of carbonyl (C=O) groups excluding carboxylic acids is 1. The zero-order valence-electron chi connectivity index (χ0n) is 12.6. The van der Waals surface area contributed by atoms with Crippen LogP contribution in [-0.4, -0.2) is 40.9 Å². The van der Waals surface area contributed by atoms with Gasteiger partial charge in [-0.1, -0.05) is 0 Å². The third kappa shape index (κ3) is 2.23. The van der Waals surface area contributed by atoms with E-state index in [0.29, 0.717) is 18.7 Å². The van der Waals surface area contributed by atoms with E-state index in [0.717, 1.165) is 50.0 Å². The Labute approximate surface area is 125 Å². The van der Waals surface area contributed by atoms with Crippen molar-refractivity contribution in [3.63, 3.8) is 0 Å². The molecule has 0 aromatic carbocycles. The maximum absolute atomic E-state index is 13.0. The van der Waals surface area contributed by atoms with E-state index < -0.39 is 12.0 Å². The molecule has 0 amide bonds. The molecule has 21 heavy (non-hydrogen) atoms. The van der Waals surface area contributed by atoms with Gasteiger partial charge >= 0.3 is 5.97 Å². The van der Waals surface area contributed by atoms with Gasteiger partial charge in [-0.05, 0) is 75.7 Å². The number of likely N-dealkylation sites (tertiary alicyclic amines) is 1. The summed E-state index contributed by atoms with van der Waals surface area (Å²) in [6, 6.07) is -0.428. The van der Waals surface area contributed by atoms with Crippen molar-refractivity contribution in [2.45, 2.75) is 57.4 Å². The van der Waals surface area contributed by atoms with E-state index in [2.05, 4.69) is 0 Å². The molecule has 1 saturated heterocycles.